The van der Waals surface area contributed by atoms with Crippen molar-refractivity contribution in [2.24, 2.45) is 0 Å². The normalized spacial score (nSPS) is 18.9. The summed E-state index contributed by atoms with van der Waals surface area (Å²) in [6.45, 7) is 4.38. The Morgan fingerprint density at radius 3 is 3.00 bits per heavy atom. The molecule has 0 unspecified atom stereocenters. The predicted molar refractivity (Wildman–Crippen MR) is 83.3 cm³/mol. The molecule has 0 bridgehead atoms. The topological polar surface area (TPSA) is 58.4 Å². The van der Waals surface area contributed by atoms with Crippen molar-refractivity contribution in [3.63, 3.8) is 0 Å². The number of benzene rings is 1. The predicted octanol–water partition coefficient (Wildman–Crippen LogP) is 3.73. The van der Waals surface area contributed by atoms with E-state index in [4.69, 9.17) is 4.52 Å². The number of carbonyl (C=O) groups is 1. The van der Waals surface area contributed by atoms with Crippen LogP contribution in [0.5, 0.6) is 0 Å². The Labute approximate surface area is 134 Å². The van der Waals surface area contributed by atoms with E-state index in [-0.39, 0.29) is 23.9 Å². The summed E-state index contributed by atoms with van der Waals surface area (Å²) in [5.74, 6) is 0.411. The number of rotatable bonds is 3. The quantitative estimate of drug-likeness (QED) is 0.938. The summed E-state index contributed by atoms with van der Waals surface area (Å²) in [4.78, 5) is 14.3. The maximum absolute atomic E-state index is 13.3. The van der Waals surface area contributed by atoms with E-state index in [1.807, 2.05) is 19.9 Å². The van der Waals surface area contributed by atoms with Crippen LogP contribution in [-0.2, 0) is 0 Å². The molecule has 0 saturated carbocycles. The molecule has 1 N–H and O–H groups in total. The zero-order valence-corrected chi connectivity index (χ0v) is 13.3. The summed E-state index contributed by atoms with van der Waals surface area (Å²) in [7, 11) is 0. The first-order valence-electron chi connectivity index (χ1n) is 7.80. The molecule has 1 aliphatic rings. The fourth-order valence-electron chi connectivity index (χ4n) is 2.97. The summed E-state index contributed by atoms with van der Waals surface area (Å²) >= 11 is 0. The van der Waals surface area contributed by atoms with Crippen molar-refractivity contribution in [1.82, 2.24) is 15.4 Å². The highest BCUT2D eigenvalue weighted by Crippen LogP contribution is 2.32. The van der Waals surface area contributed by atoms with E-state index in [0.29, 0.717) is 12.3 Å². The lowest BCUT2D eigenvalue weighted by Crippen LogP contribution is -2.40. The van der Waals surface area contributed by atoms with E-state index in [0.717, 1.165) is 24.1 Å². The zero-order valence-electron chi connectivity index (χ0n) is 13.3. The van der Waals surface area contributed by atoms with Gasteiger partial charge in [0, 0.05) is 12.6 Å². The molecule has 1 saturated heterocycles. The van der Waals surface area contributed by atoms with Crippen LogP contribution in [0.2, 0.25) is 0 Å². The lowest BCUT2D eigenvalue weighted by atomic mass is 10.1. The van der Waals surface area contributed by atoms with Gasteiger partial charge in [0.1, 0.15) is 5.82 Å². The van der Waals surface area contributed by atoms with E-state index in [1.165, 1.54) is 12.1 Å². The molecule has 1 aromatic heterocycles. The zero-order chi connectivity index (χ0) is 16.4. The van der Waals surface area contributed by atoms with Crippen LogP contribution in [0.3, 0.4) is 0 Å². The fraction of sp³-hybridized carbons (Fsp3) is 0.412. The number of aryl methyl sites for hydroxylation is 1. The van der Waals surface area contributed by atoms with Crippen LogP contribution >= 0.6 is 0 Å². The third-order valence-corrected chi connectivity index (χ3v) is 4.18. The van der Waals surface area contributed by atoms with Gasteiger partial charge in [0.25, 0.3) is 0 Å². The summed E-state index contributed by atoms with van der Waals surface area (Å²) in [6.07, 6.45) is 1.78. The summed E-state index contributed by atoms with van der Waals surface area (Å²) in [6, 6.07) is 7.61. The first-order chi connectivity index (χ1) is 11.0. The van der Waals surface area contributed by atoms with E-state index in [9.17, 15) is 9.18 Å². The maximum Gasteiger partial charge on any atom is 0.318 e. The highest BCUT2D eigenvalue weighted by atomic mass is 19.1. The smallest absolute Gasteiger partial charge is 0.318 e. The van der Waals surface area contributed by atoms with Gasteiger partial charge in [-0.05, 0) is 44.4 Å². The van der Waals surface area contributed by atoms with Crippen LogP contribution in [0, 0.1) is 12.7 Å². The lowest BCUT2D eigenvalue weighted by Gasteiger charge is -2.25. The number of nitrogens with zero attached hydrogens (tertiary/aromatic N) is 2. The number of urea groups is 1. The van der Waals surface area contributed by atoms with Crippen LogP contribution in [0.25, 0.3) is 0 Å². The molecule has 0 aliphatic carbocycles. The summed E-state index contributed by atoms with van der Waals surface area (Å²) < 4.78 is 18.6. The Morgan fingerprint density at radius 1 is 1.48 bits per heavy atom. The third-order valence-electron chi connectivity index (χ3n) is 4.18. The van der Waals surface area contributed by atoms with Gasteiger partial charge < -0.3 is 14.7 Å². The fourth-order valence-corrected chi connectivity index (χ4v) is 2.97. The highest BCUT2D eigenvalue weighted by molar-refractivity contribution is 5.75. The van der Waals surface area contributed by atoms with Crippen LogP contribution in [-0.4, -0.2) is 22.6 Å². The maximum atomic E-state index is 13.3. The second-order valence-corrected chi connectivity index (χ2v) is 5.95. The Hall–Kier alpha value is -2.37. The van der Waals surface area contributed by atoms with Crippen LogP contribution in [0.4, 0.5) is 9.18 Å². The van der Waals surface area contributed by atoms with Crippen molar-refractivity contribution in [3.8, 4) is 0 Å². The van der Waals surface area contributed by atoms with Crippen molar-refractivity contribution in [1.29, 1.82) is 0 Å². The van der Waals surface area contributed by atoms with Gasteiger partial charge in [0.2, 0.25) is 0 Å². The van der Waals surface area contributed by atoms with Crippen molar-refractivity contribution < 1.29 is 13.7 Å². The number of halogens is 1. The van der Waals surface area contributed by atoms with Crippen LogP contribution in [0.15, 0.2) is 34.9 Å². The van der Waals surface area contributed by atoms with Crippen LogP contribution < -0.4 is 5.32 Å². The van der Waals surface area contributed by atoms with Gasteiger partial charge in [0.15, 0.2) is 5.76 Å². The van der Waals surface area contributed by atoms with E-state index in [1.54, 1.807) is 17.0 Å². The number of aromatic nitrogens is 1. The SMILES string of the molecule is Cc1cc([C@@H]2CCCN2C(=O)N[C@@H](C)c2cccc(F)c2)on1. The van der Waals surface area contributed by atoms with Gasteiger partial charge >= 0.3 is 6.03 Å². The average Bonchev–Trinajstić information content (AvgIpc) is 3.15. The average molecular weight is 317 g/mol. The minimum atomic E-state index is -0.306. The van der Waals surface area contributed by atoms with Crippen LogP contribution in [0.1, 0.15) is 48.9 Å². The molecule has 2 amide bonds. The second-order valence-electron chi connectivity index (χ2n) is 5.95. The van der Waals surface area contributed by atoms with E-state index in [2.05, 4.69) is 10.5 Å². The van der Waals surface area contributed by atoms with Gasteiger partial charge in [-0.15, -0.1) is 0 Å². The Balaban J connectivity index is 1.69. The summed E-state index contributed by atoms with van der Waals surface area (Å²) in [5.41, 5.74) is 1.55. The van der Waals surface area contributed by atoms with Crippen molar-refractivity contribution in [2.45, 2.75) is 38.8 Å². The molecule has 6 heteroatoms. The Bertz CT molecular complexity index is 701. The molecule has 1 fully saturated rings. The molecular formula is C17H20FN3O2. The van der Waals surface area contributed by atoms with Gasteiger partial charge in [-0.25, -0.2) is 9.18 Å². The number of carbonyl (C=O) groups excluding carboxylic acids is 1. The lowest BCUT2D eigenvalue weighted by molar-refractivity contribution is 0.179. The molecule has 2 atom stereocenters. The van der Waals surface area contributed by atoms with Gasteiger partial charge in [0.05, 0.1) is 17.8 Å². The largest absolute Gasteiger partial charge is 0.359 e. The molecule has 0 radical (unpaired) electrons. The van der Waals surface area contributed by atoms with Gasteiger partial charge in [-0.2, -0.15) is 0 Å². The molecule has 3 rings (SSSR count). The summed E-state index contributed by atoms with van der Waals surface area (Å²) in [5, 5.41) is 6.83. The minimum absolute atomic E-state index is 0.0871. The first-order valence-corrected chi connectivity index (χ1v) is 7.80. The molecule has 0 spiro atoms. The molecule has 2 aromatic rings. The molecule has 5 nitrogen and oxygen atoms in total. The molecule has 122 valence electrons. The number of likely N-dealkylation sites (tertiary alicyclic amines) is 1. The minimum Gasteiger partial charge on any atom is -0.359 e. The van der Waals surface area contributed by atoms with Gasteiger partial charge in [-0.1, -0.05) is 17.3 Å². The number of hydrogen-bond acceptors (Lipinski definition) is 3. The standard InChI is InChI=1S/C17H20FN3O2/c1-11-9-16(23-20-11)15-7-4-8-21(15)17(22)19-12(2)13-5-3-6-14(18)10-13/h3,5-6,9-10,12,15H,4,7-8H2,1-2H3,(H,19,22)/t12-,15-/m0/s1. The molecule has 2 heterocycles. The van der Waals surface area contributed by atoms with Gasteiger partial charge in [-0.3, -0.25) is 0 Å². The third kappa shape index (κ3) is 3.36. The van der Waals surface area contributed by atoms with Crippen molar-refractivity contribution in [3.05, 3.63) is 53.2 Å². The number of hydrogen-bond donors (Lipinski definition) is 1. The monoisotopic (exact) mass is 317 g/mol. The first kappa shape index (κ1) is 15.5. The van der Waals surface area contributed by atoms with Crippen molar-refractivity contribution in [2.75, 3.05) is 6.54 Å². The molecule has 23 heavy (non-hydrogen) atoms. The van der Waals surface area contributed by atoms with E-state index < -0.39 is 0 Å². The number of amides is 2. The van der Waals surface area contributed by atoms with Crippen molar-refractivity contribution >= 4 is 6.03 Å². The Morgan fingerprint density at radius 2 is 2.30 bits per heavy atom. The molecular weight excluding hydrogens is 297 g/mol. The van der Waals surface area contributed by atoms with E-state index >= 15 is 0 Å². The molecule has 1 aliphatic heterocycles. The highest BCUT2D eigenvalue weighted by Gasteiger charge is 2.33. The number of nitrogens with one attached hydrogen (secondary N) is 1. The Kier molecular flexibility index (Phi) is 4.32. The second kappa shape index (κ2) is 6.40. The molecule has 1 aromatic carbocycles.